The predicted octanol–water partition coefficient (Wildman–Crippen LogP) is 2.35. The smallest absolute Gasteiger partial charge is 0.261 e. The maximum absolute atomic E-state index is 12.0. The third-order valence-electron chi connectivity index (χ3n) is 2.49. The number of nitrogens with zero attached hydrogens (tertiary/aromatic N) is 1. The van der Waals surface area contributed by atoms with Gasteiger partial charge in [-0.15, -0.1) is 24.0 Å². The van der Waals surface area contributed by atoms with Gasteiger partial charge >= 0.3 is 0 Å². The van der Waals surface area contributed by atoms with Gasteiger partial charge in [0.1, 0.15) is 0 Å². The molecule has 5 heteroatoms. The molecule has 1 rings (SSSR count). The molecule has 1 amide bonds. The zero-order valence-electron chi connectivity index (χ0n) is 10.7. The van der Waals surface area contributed by atoms with Gasteiger partial charge in [-0.2, -0.15) is 0 Å². The third-order valence-corrected chi connectivity index (χ3v) is 3.85. The highest BCUT2D eigenvalue weighted by molar-refractivity contribution is 7.80. The van der Waals surface area contributed by atoms with E-state index in [0.717, 1.165) is 16.3 Å². The normalized spacial score (nSPS) is 13.1. The Kier molecular flexibility index (Phi) is 5.49. The molecule has 1 heterocycles. The Morgan fingerprint density at radius 2 is 2.18 bits per heavy atom. The zero-order chi connectivity index (χ0) is 13.0. The fourth-order valence-corrected chi connectivity index (χ4v) is 2.55. The Hall–Kier alpha value is -0.520. The van der Waals surface area contributed by atoms with Crippen molar-refractivity contribution in [1.29, 1.82) is 0 Å². The lowest BCUT2D eigenvalue weighted by molar-refractivity contribution is 0.0920. The summed E-state index contributed by atoms with van der Waals surface area (Å²) in [5, 5.41) is 4.94. The Balaban J connectivity index is 2.64. The van der Waals surface area contributed by atoms with Crippen molar-refractivity contribution in [3.63, 3.8) is 0 Å². The molecule has 0 aliphatic heterocycles. The quantitative estimate of drug-likeness (QED) is 0.807. The maximum Gasteiger partial charge on any atom is 0.261 e. The van der Waals surface area contributed by atoms with Crippen molar-refractivity contribution < 1.29 is 4.79 Å². The molecule has 0 saturated heterocycles. The van der Waals surface area contributed by atoms with E-state index in [1.165, 1.54) is 11.3 Å². The van der Waals surface area contributed by atoms with Crippen LogP contribution >= 0.6 is 24.0 Å². The molecule has 1 aromatic rings. The Labute approximate surface area is 113 Å². The van der Waals surface area contributed by atoms with Crippen molar-refractivity contribution in [2.75, 3.05) is 20.6 Å². The van der Waals surface area contributed by atoms with Crippen LogP contribution in [0.4, 0.5) is 0 Å². The van der Waals surface area contributed by atoms with E-state index in [1.807, 2.05) is 19.5 Å². The van der Waals surface area contributed by atoms with E-state index in [0.29, 0.717) is 5.92 Å². The maximum atomic E-state index is 12.0. The fourth-order valence-electron chi connectivity index (χ4n) is 1.50. The average Bonchev–Trinajstić information content (AvgIpc) is 2.63. The van der Waals surface area contributed by atoms with Gasteiger partial charge in [-0.25, -0.2) is 0 Å². The van der Waals surface area contributed by atoms with E-state index in [9.17, 15) is 4.79 Å². The number of hydrogen-bond acceptors (Lipinski definition) is 4. The SMILES string of the molecule is CC(C)C(CN(C)C)NC(=O)c1cc(S)cs1. The van der Waals surface area contributed by atoms with Gasteiger partial charge in [-0.05, 0) is 26.1 Å². The zero-order valence-corrected chi connectivity index (χ0v) is 12.4. The molecule has 3 nitrogen and oxygen atoms in total. The number of amides is 1. The highest BCUT2D eigenvalue weighted by Gasteiger charge is 2.18. The molecule has 96 valence electrons. The van der Waals surface area contributed by atoms with Crippen molar-refractivity contribution in [3.05, 3.63) is 16.3 Å². The first-order valence-corrected chi connectivity index (χ1v) is 6.96. The molecule has 1 aromatic heterocycles. The van der Waals surface area contributed by atoms with Gasteiger partial charge in [0.2, 0.25) is 0 Å². The van der Waals surface area contributed by atoms with Gasteiger partial charge in [-0.3, -0.25) is 4.79 Å². The Morgan fingerprint density at radius 1 is 1.53 bits per heavy atom. The first-order chi connectivity index (χ1) is 7.90. The van der Waals surface area contributed by atoms with E-state index in [2.05, 4.69) is 36.7 Å². The van der Waals surface area contributed by atoms with Crippen LogP contribution in [0.2, 0.25) is 0 Å². The lowest BCUT2D eigenvalue weighted by Gasteiger charge is -2.25. The summed E-state index contributed by atoms with van der Waals surface area (Å²) in [6.07, 6.45) is 0. The van der Waals surface area contributed by atoms with Crippen LogP contribution in [0.25, 0.3) is 0 Å². The van der Waals surface area contributed by atoms with Crippen molar-refractivity contribution >= 4 is 29.9 Å². The summed E-state index contributed by atoms with van der Waals surface area (Å²) in [4.78, 5) is 15.7. The number of hydrogen-bond donors (Lipinski definition) is 2. The summed E-state index contributed by atoms with van der Waals surface area (Å²) in [6, 6.07) is 1.97. The number of carbonyl (C=O) groups is 1. The van der Waals surface area contributed by atoms with Crippen LogP contribution in [0.5, 0.6) is 0 Å². The molecule has 0 aliphatic rings. The summed E-state index contributed by atoms with van der Waals surface area (Å²) < 4.78 is 0. The summed E-state index contributed by atoms with van der Waals surface area (Å²) in [5.74, 6) is 0.410. The second-order valence-electron chi connectivity index (χ2n) is 4.76. The first-order valence-electron chi connectivity index (χ1n) is 5.63. The standard InChI is InChI=1S/C12H20N2OS2/c1-8(2)10(6-14(3)4)13-12(15)11-5-9(16)7-17-11/h5,7-8,10,16H,6H2,1-4H3,(H,13,15). The van der Waals surface area contributed by atoms with Crippen LogP contribution in [-0.4, -0.2) is 37.5 Å². The Bertz CT molecular complexity index is 374. The van der Waals surface area contributed by atoms with Crippen LogP contribution in [0, 0.1) is 5.92 Å². The molecule has 0 spiro atoms. The van der Waals surface area contributed by atoms with Crippen LogP contribution in [0.15, 0.2) is 16.3 Å². The van der Waals surface area contributed by atoms with E-state index < -0.39 is 0 Å². The molecule has 0 aromatic carbocycles. The van der Waals surface area contributed by atoms with E-state index in [1.54, 1.807) is 6.07 Å². The van der Waals surface area contributed by atoms with Crippen LogP contribution in [0.1, 0.15) is 23.5 Å². The molecule has 1 unspecified atom stereocenters. The topological polar surface area (TPSA) is 32.3 Å². The van der Waals surface area contributed by atoms with Crippen LogP contribution < -0.4 is 5.32 Å². The van der Waals surface area contributed by atoms with Gasteiger partial charge in [0.25, 0.3) is 5.91 Å². The lowest BCUT2D eigenvalue weighted by atomic mass is 10.0. The largest absolute Gasteiger partial charge is 0.347 e. The van der Waals surface area contributed by atoms with Gasteiger partial charge < -0.3 is 10.2 Å². The first kappa shape index (κ1) is 14.5. The van der Waals surface area contributed by atoms with Crippen molar-refractivity contribution in [2.45, 2.75) is 24.8 Å². The molecule has 0 fully saturated rings. The number of carbonyl (C=O) groups excluding carboxylic acids is 1. The highest BCUT2D eigenvalue weighted by Crippen LogP contribution is 2.18. The minimum absolute atomic E-state index is 0.00384. The number of likely N-dealkylation sites (N-methyl/N-ethyl adjacent to an activating group) is 1. The van der Waals surface area contributed by atoms with Gasteiger partial charge in [0.15, 0.2) is 0 Å². The molecule has 0 radical (unpaired) electrons. The summed E-state index contributed by atoms with van der Waals surface area (Å²) in [6.45, 7) is 5.09. The lowest BCUT2D eigenvalue weighted by Crippen LogP contribution is -2.44. The molecule has 0 bridgehead atoms. The van der Waals surface area contributed by atoms with E-state index in [-0.39, 0.29) is 11.9 Å². The summed E-state index contributed by atoms with van der Waals surface area (Å²) in [7, 11) is 4.02. The van der Waals surface area contributed by atoms with Gasteiger partial charge in [0.05, 0.1) is 4.88 Å². The average molecular weight is 272 g/mol. The van der Waals surface area contributed by atoms with Crippen LogP contribution in [0.3, 0.4) is 0 Å². The monoisotopic (exact) mass is 272 g/mol. The second-order valence-corrected chi connectivity index (χ2v) is 6.18. The fraction of sp³-hybridized carbons (Fsp3) is 0.583. The van der Waals surface area contributed by atoms with Gasteiger partial charge in [-0.1, -0.05) is 13.8 Å². The molecular weight excluding hydrogens is 252 g/mol. The number of thiol groups is 1. The molecule has 17 heavy (non-hydrogen) atoms. The van der Waals surface area contributed by atoms with E-state index >= 15 is 0 Å². The minimum Gasteiger partial charge on any atom is -0.347 e. The van der Waals surface area contributed by atoms with Crippen molar-refractivity contribution in [1.82, 2.24) is 10.2 Å². The van der Waals surface area contributed by atoms with Crippen molar-refractivity contribution in [2.24, 2.45) is 5.92 Å². The van der Waals surface area contributed by atoms with E-state index in [4.69, 9.17) is 0 Å². The second kappa shape index (κ2) is 6.42. The summed E-state index contributed by atoms with van der Waals surface area (Å²) >= 11 is 5.64. The van der Waals surface area contributed by atoms with Crippen molar-refractivity contribution in [3.8, 4) is 0 Å². The minimum atomic E-state index is -0.00384. The predicted molar refractivity (Wildman–Crippen MR) is 76.2 cm³/mol. The Morgan fingerprint density at radius 3 is 2.59 bits per heavy atom. The number of nitrogens with one attached hydrogen (secondary N) is 1. The third kappa shape index (κ3) is 4.69. The van der Waals surface area contributed by atoms with Crippen LogP contribution in [-0.2, 0) is 0 Å². The highest BCUT2D eigenvalue weighted by atomic mass is 32.1. The molecule has 1 N–H and O–H groups in total. The molecule has 0 saturated carbocycles. The molecule has 0 aliphatic carbocycles. The van der Waals surface area contributed by atoms with Gasteiger partial charge in [0, 0.05) is 22.9 Å². The molecular formula is C12H20N2OS2. The number of rotatable bonds is 5. The molecule has 1 atom stereocenters. The summed E-state index contributed by atoms with van der Waals surface area (Å²) in [5.41, 5.74) is 0. The number of thiophene rings is 1.